The van der Waals surface area contributed by atoms with E-state index in [4.69, 9.17) is 15.5 Å². The monoisotopic (exact) mass is 1000 g/mol. The summed E-state index contributed by atoms with van der Waals surface area (Å²) >= 11 is 0. The highest BCUT2D eigenvalue weighted by molar-refractivity contribution is 6.06. The molecule has 2 atom stereocenters. The number of piperidine rings is 3. The van der Waals surface area contributed by atoms with E-state index in [2.05, 4.69) is 36.1 Å². The lowest BCUT2D eigenvalue weighted by Gasteiger charge is -2.49. The number of aromatic nitrogens is 3. The predicted molar refractivity (Wildman–Crippen MR) is 270 cm³/mol. The van der Waals surface area contributed by atoms with Crippen molar-refractivity contribution >= 4 is 56.6 Å². The number of pyridine rings is 1. The summed E-state index contributed by atoms with van der Waals surface area (Å²) in [4.78, 5) is 62.7. The molecule has 5 aromatic rings. The molecule has 2 aromatic heterocycles. The van der Waals surface area contributed by atoms with Gasteiger partial charge in [-0.15, -0.1) is 0 Å². The Hall–Kier alpha value is -6.11. The Bertz CT molecular complexity index is 3030. The molecule has 0 bridgehead atoms. The Morgan fingerprint density at radius 3 is 2.36 bits per heavy atom. The zero-order chi connectivity index (χ0) is 50.4. The van der Waals surface area contributed by atoms with Crippen molar-refractivity contribution < 1.29 is 37.4 Å². The maximum Gasteiger partial charge on any atom is 0.319 e. The molecule has 3 amide bonds. The van der Waals surface area contributed by atoms with Crippen LogP contribution in [0.1, 0.15) is 99.9 Å². The molecule has 3 aromatic carbocycles. The van der Waals surface area contributed by atoms with Gasteiger partial charge in [-0.1, -0.05) is 6.07 Å². The summed E-state index contributed by atoms with van der Waals surface area (Å²) in [7, 11) is 0. The molecule has 7 aliphatic rings. The second-order valence-electron chi connectivity index (χ2n) is 22.6. The second-order valence-corrected chi connectivity index (χ2v) is 22.6. The van der Waals surface area contributed by atoms with E-state index in [9.17, 15) is 23.9 Å². The smallest absolute Gasteiger partial charge is 0.319 e. The number of imide groups is 1. The van der Waals surface area contributed by atoms with Crippen molar-refractivity contribution in [2.75, 3.05) is 81.0 Å². The number of nitrogens with zero attached hydrogens (tertiary/aromatic N) is 8. The number of piperazine rings is 1. The van der Waals surface area contributed by atoms with Crippen LogP contribution in [-0.4, -0.2) is 136 Å². The molecule has 15 nitrogen and oxygen atoms in total. The van der Waals surface area contributed by atoms with Crippen LogP contribution in [-0.2, 0) is 16.1 Å². The molecule has 2 aliphatic carbocycles. The van der Waals surface area contributed by atoms with E-state index in [1.807, 2.05) is 17.0 Å². The average Bonchev–Trinajstić information content (AvgIpc) is 4.07. The molecule has 0 unspecified atom stereocenters. The van der Waals surface area contributed by atoms with Gasteiger partial charge in [0.05, 0.1) is 17.6 Å². The van der Waals surface area contributed by atoms with E-state index in [1.165, 1.54) is 62.9 Å². The summed E-state index contributed by atoms with van der Waals surface area (Å²) in [6.45, 7) is 10.2. The van der Waals surface area contributed by atoms with Crippen molar-refractivity contribution in [2.24, 2.45) is 10.8 Å². The van der Waals surface area contributed by atoms with Gasteiger partial charge in [0.25, 0.3) is 5.91 Å². The van der Waals surface area contributed by atoms with E-state index in [0.29, 0.717) is 72.6 Å². The summed E-state index contributed by atoms with van der Waals surface area (Å²) in [6, 6.07) is 11.3. The number of anilines is 3. The first kappa shape index (κ1) is 47.9. The lowest BCUT2D eigenvalue weighted by atomic mass is 9.66. The molecule has 384 valence electrons. The number of carbonyl (C=O) groups excluding carboxylic acids is 3. The predicted octanol–water partition coefficient (Wildman–Crippen LogP) is 6.96. The average molecular weight is 1000 g/mol. The van der Waals surface area contributed by atoms with Gasteiger partial charge in [0, 0.05) is 104 Å². The van der Waals surface area contributed by atoms with Crippen molar-refractivity contribution in [3.05, 3.63) is 77.2 Å². The van der Waals surface area contributed by atoms with Gasteiger partial charge in [-0.05, 0) is 143 Å². The number of aliphatic hydroxyl groups is 1. The molecule has 2 saturated carbocycles. The van der Waals surface area contributed by atoms with E-state index in [0.717, 1.165) is 76.0 Å². The first-order valence-corrected chi connectivity index (χ1v) is 26.3. The molecular weight excluding hydrogens is 938 g/mol. The fourth-order valence-corrected chi connectivity index (χ4v) is 13.1. The number of nitrogens with one attached hydrogen (secondary N) is 1. The van der Waals surface area contributed by atoms with Crippen LogP contribution < -0.4 is 25.6 Å². The minimum Gasteiger partial charge on any atom is -0.463 e. The van der Waals surface area contributed by atoms with Crippen molar-refractivity contribution in [1.82, 2.24) is 35.0 Å². The van der Waals surface area contributed by atoms with Crippen molar-refractivity contribution in [3.63, 3.8) is 0 Å². The molecule has 18 heteroatoms. The van der Waals surface area contributed by atoms with Crippen LogP contribution in [0, 0.1) is 28.3 Å². The number of ether oxygens (including phenoxy) is 1. The Kier molecular flexibility index (Phi) is 12.0. The number of hydrogen-bond donors (Lipinski definition) is 3. The fraction of sp³-hybridized carbons (Fsp3) is 0.527. The molecular formula is C55H63F3N10O5. The van der Waals surface area contributed by atoms with Crippen molar-refractivity contribution in [3.8, 4) is 17.3 Å². The maximum atomic E-state index is 17.0. The lowest BCUT2D eigenvalue weighted by molar-refractivity contribution is -0.136. The highest BCUT2D eigenvalue weighted by Crippen LogP contribution is 2.50. The Morgan fingerprint density at radius 2 is 1.62 bits per heavy atom. The van der Waals surface area contributed by atoms with Crippen LogP contribution in [0.2, 0.25) is 0 Å². The number of hydrogen-bond acceptors (Lipinski definition) is 13. The molecule has 0 radical (unpaired) electrons. The minimum absolute atomic E-state index is 0.0101. The summed E-state index contributed by atoms with van der Waals surface area (Å²) < 4.78 is 53.4. The quantitative estimate of drug-likeness (QED) is 0.0969. The molecule has 1 spiro atoms. The van der Waals surface area contributed by atoms with Crippen LogP contribution >= 0.6 is 0 Å². The molecule has 7 heterocycles. The third-order valence-corrected chi connectivity index (χ3v) is 17.6. The van der Waals surface area contributed by atoms with E-state index in [-0.39, 0.29) is 64.1 Å². The van der Waals surface area contributed by atoms with Gasteiger partial charge < -0.3 is 35.2 Å². The van der Waals surface area contributed by atoms with Gasteiger partial charge in [-0.3, -0.25) is 29.6 Å². The van der Waals surface area contributed by atoms with Crippen molar-refractivity contribution in [1.29, 1.82) is 0 Å². The van der Waals surface area contributed by atoms with Gasteiger partial charge in [0.15, 0.2) is 17.5 Å². The molecule has 12 rings (SSSR count). The van der Waals surface area contributed by atoms with Gasteiger partial charge >= 0.3 is 6.01 Å². The summed E-state index contributed by atoms with van der Waals surface area (Å²) in [5.41, 5.74) is 8.14. The lowest BCUT2D eigenvalue weighted by Crippen LogP contribution is -2.52. The highest BCUT2D eigenvalue weighted by Gasteiger charge is 2.48. The number of nitrogens with two attached hydrogens (primary N) is 1. The number of likely N-dealkylation sites (tertiary alicyclic amines) is 1. The molecule has 5 aliphatic heterocycles. The topological polar surface area (TPSA) is 174 Å². The normalized spacial score (nSPS) is 24.7. The van der Waals surface area contributed by atoms with E-state index >= 15 is 8.78 Å². The van der Waals surface area contributed by atoms with Crippen LogP contribution in [0.15, 0.2) is 48.7 Å². The molecule has 73 heavy (non-hydrogen) atoms. The third-order valence-electron chi connectivity index (χ3n) is 17.6. The zero-order valence-corrected chi connectivity index (χ0v) is 41.4. The van der Waals surface area contributed by atoms with Gasteiger partial charge in [-0.25, -0.2) is 13.2 Å². The second kappa shape index (κ2) is 18.4. The largest absolute Gasteiger partial charge is 0.463 e. The number of carbonyl (C=O) groups is 3. The first-order valence-electron chi connectivity index (χ1n) is 26.3. The van der Waals surface area contributed by atoms with Gasteiger partial charge in [-0.2, -0.15) is 9.97 Å². The standard InChI is InChI=1S/C55H63F3N10O5/c1-53(72)11-2-18-67(30-53)49-40-28-60-47(39-27-35(59)25-33-3-6-41(56)45(57)44(33)39)46(58)48(40)62-52(63-49)73-32-55(14-15-55)31-64-19-16-54(17-20-64)12-9-36(10-13-54)65-21-23-66(24-22-65)37-4-5-38-34(26-37)29-68(51(38)71)42-7-8-43(69)61-50(42)70/h3-6,25-28,36,42,72H,2,7-24,29-32,59H2,1H3,(H,61,69,70)/t42-,53+/m0/s1. The number of nitrogen functional groups attached to an aromatic ring is 1. The van der Waals surface area contributed by atoms with Gasteiger partial charge in [0.2, 0.25) is 11.8 Å². The highest BCUT2D eigenvalue weighted by atomic mass is 19.2. The molecule has 4 saturated heterocycles. The fourth-order valence-electron chi connectivity index (χ4n) is 13.1. The summed E-state index contributed by atoms with van der Waals surface area (Å²) in [5.74, 6) is -3.45. The number of rotatable bonds is 10. The summed E-state index contributed by atoms with van der Waals surface area (Å²) in [6.07, 6.45) is 12.6. The SMILES string of the molecule is C[C@@]1(O)CCCN(c2nc(OCC3(CN4CCC5(CCC(N6CCN(c7ccc8c(c7)CN([C@H]7CCC(=O)NC7=O)C8=O)CC6)CC5)CC4)CC3)nc3c(F)c(-c4cc(N)cc5ccc(F)c(F)c45)ncc23)C1. The van der Waals surface area contributed by atoms with Crippen LogP contribution in [0.25, 0.3) is 32.9 Å². The van der Waals surface area contributed by atoms with E-state index < -0.39 is 35.0 Å². The van der Waals surface area contributed by atoms with Gasteiger partial charge in [0.1, 0.15) is 23.1 Å². The Balaban J connectivity index is 0.665. The molecule has 4 N–H and O–H groups in total. The summed E-state index contributed by atoms with van der Waals surface area (Å²) in [5, 5.41) is 14.0. The number of halogens is 3. The Labute approximate surface area is 422 Å². The number of fused-ring (bicyclic) bond motifs is 3. The van der Waals surface area contributed by atoms with Crippen LogP contribution in [0.5, 0.6) is 6.01 Å². The maximum absolute atomic E-state index is 17.0. The molecule has 6 fully saturated rings. The Morgan fingerprint density at radius 1 is 0.836 bits per heavy atom. The third kappa shape index (κ3) is 9.10. The van der Waals surface area contributed by atoms with Crippen LogP contribution in [0.3, 0.4) is 0 Å². The van der Waals surface area contributed by atoms with E-state index in [1.54, 1.807) is 11.8 Å². The number of β-amino-alcohol motifs (C(OH)–C–C–N with tert-alkyl or cyclic N) is 1. The number of amides is 3. The zero-order valence-electron chi connectivity index (χ0n) is 41.4. The minimum atomic E-state index is -1.12. The first-order chi connectivity index (χ1) is 35.1. The number of benzene rings is 3. The van der Waals surface area contributed by atoms with Crippen molar-refractivity contribution in [2.45, 2.75) is 108 Å². The van der Waals surface area contributed by atoms with Crippen LogP contribution in [0.4, 0.5) is 30.4 Å².